The minimum atomic E-state index is -1.66. The second-order valence-corrected chi connectivity index (χ2v) is 9.43. The Morgan fingerprint density at radius 2 is 0.925 bits per heavy atom. The Hall–Kier alpha value is -3.34. The largest absolute Gasteiger partial charge is 0.481 e. The van der Waals surface area contributed by atoms with Crippen LogP contribution in [0.5, 0.6) is 0 Å². The van der Waals surface area contributed by atoms with Crippen molar-refractivity contribution in [1.82, 2.24) is 15.5 Å². The van der Waals surface area contributed by atoms with Crippen molar-refractivity contribution < 1.29 is 59.4 Å². The number of carboxylic acids is 6. The van der Waals surface area contributed by atoms with E-state index in [1.165, 1.54) is 4.90 Å². The first-order chi connectivity index (χ1) is 18.7. The molecule has 0 aliphatic rings. The second kappa shape index (κ2) is 18.9. The Labute approximate surface area is 231 Å². The predicted octanol–water partition coefficient (Wildman–Crippen LogP) is -0.687. The van der Waals surface area contributed by atoms with Crippen LogP contribution in [-0.4, -0.2) is 122 Å². The van der Waals surface area contributed by atoms with Gasteiger partial charge >= 0.3 is 35.8 Å². The van der Waals surface area contributed by atoms with Gasteiger partial charge in [-0.15, -0.1) is 0 Å². The third-order valence-electron chi connectivity index (χ3n) is 6.81. The van der Waals surface area contributed by atoms with Crippen LogP contribution in [0, 0.1) is 0 Å². The first kappa shape index (κ1) is 36.7. The summed E-state index contributed by atoms with van der Waals surface area (Å²) in [6.45, 7) is 0.464. The maximum atomic E-state index is 11.8. The lowest BCUT2D eigenvalue weighted by atomic mass is 9.64. The smallest absolute Gasteiger partial charge is 0.304 e. The number of carbonyl (C=O) groups is 6. The molecule has 0 aromatic carbocycles. The van der Waals surface area contributed by atoms with E-state index < -0.39 is 85.4 Å². The highest BCUT2D eigenvalue weighted by atomic mass is 16.4. The van der Waals surface area contributed by atoms with Gasteiger partial charge in [-0.1, -0.05) is 0 Å². The van der Waals surface area contributed by atoms with E-state index in [0.29, 0.717) is 13.1 Å². The Morgan fingerprint density at radius 3 is 1.27 bits per heavy atom. The third-order valence-corrected chi connectivity index (χ3v) is 6.81. The average molecular weight is 579 g/mol. The number of rotatable bonds is 26. The lowest BCUT2D eigenvalue weighted by Gasteiger charge is -2.57. The molecule has 0 aromatic rings. The third kappa shape index (κ3) is 13.6. The molecule has 0 bridgehead atoms. The first-order valence-corrected chi connectivity index (χ1v) is 12.9. The number of hydrogen-bond donors (Lipinski definition) is 9. The monoisotopic (exact) mass is 578 g/mol. The molecule has 40 heavy (non-hydrogen) atoms. The number of nitrogens with one attached hydrogen (secondary N) is 2. The van der Waals surface area contributed by atoms with Gasteiger partial charge in [-0.3, -0.25) is 33.7 Å². The van der Waals surface area contributed by atoms with E-state index in [1.807, 2.05) is 0 Å². The molecule has 0 aliphatic heterocycles. The summed E-state index contributed by atoms with van der Waals surface area (Å²) in [7, 11) is 0. The standard InChI is InChI=1S/C24H42N4O12/c25-11-12-26-13-14-27-23(7-1-17(29)30,8-2-18(31)32)24(9-3-19(33)34,10-4-20(35)36)28(15-5-21(37)38)16-6-22(39)40/h26-27H,1-16,25H2,(H,29,30)(H,31,32)(H,33,34)(H,35,36)(H,37,38)(H,39,40). The molecule has 0 saturated heterocycles. The highest BCUT2D eigenvalue weighted by Gasteiger charge is 2.54. The van der Waals surface area contributed by atoms with Gasteiger partial charge in [0.05, 0.1) is 12.8 Å². The van der Waals surface area contributed by atoms with Crippen LogP contribution in [0.4, 0.5) is 0 Å². The average Bonchev–Trinajstić information content (AvgIpc) is 2.85. The van der Waals surface area contributed by atoms with Gasteiger partial charge in [0.25, 0.3) is 0 Å². The topological polar surface area (TPSA) is 277 Å². The zero-order valence-electron chi connectivity index (χ0n) is 22.5. The molecule has 16 nitrogen and oxygen atoms in total. The van der Waals surface area contributed by atoms with Crippen molar-refractivity contribution in [1.29, 1.82) is 0 Å². The molecule has 0 heterocycles. The lowest BCUT2D eigenvalue weighted by molar-refractivity contribution is -0.146. The van der Waals surface area contributed by atoms with Crippen LogP contribution in [-0.2, 0) is 28.8 Å². The first-order valence-electron chi connectivity index (χ1n) is 12.9. The fourth-order valence-electron chi connectivity index (χ4n) is 5.04. The summed E-state index contributed by atoms with van der Waals surface area (Å²) in [4.78, 5) is 71.5. The van der Waals surface area contributed by atoms with E-state index >= 15 is 0 Å². The summed E-state index contributed by atoms with van der Waals surface area (Å²) < 4.78 is 0. The molecule has 0 saturated carbocycles. The fourth-order valence-corrected chi connectivity index (χ4v) is 5.04. The number of aliphatic carboxylic acids is 6. The molecule has 10 N–H and O–H groups in total. The highest BCUT2D eigenvalue weighted by Crippen LogP contribution is 2.44. The van der Waals surface area contributed by atoms with E-state index in [2.05, 4.69) is 10.6 Å². The number of hydrogen-bond acceptors (Lipinski definition) is 10. The fraction of sp³-hybridized carbons (Fsp3) is 0.750. The lowest BCUT2D eigenvalue weighted by Crippen LogP contribution is -2.71. The Kier molecular flexibility index (Phi) is 17.3. The van der Waals surface area contributed by atoms with Crippen molar-refractivity contribution in [2.45, 2.75) is 75.3 Å². The van der Waals surface area contributed by atoms with Crippen molar-refractivity contribution in [3.63, 3.8) is 0 Å². The maximum Gasteiger partial charge on any atom is 0.304 e. The van der Waals surface area contributed by atoms with Crippen LogP contribution in [0.3, 0.4) is 0 Å². The molecule has 0 atom stereocenters. The highest BCUT2D eigenvalue weighted by molar-refractivity contribution is 5.70. The van der Waals surface area contributed by atoms with Crippen LogP contribution in [0.2, 0.25) is 0 Å². The molecule has 0 spiro atoms. The van der Waals surface area contributed by atoms with Crippen LogP contribution in [0.15, 0.2) is 0 Å². The van der Waals surface area contributed by atoms with E-state index in [9.17, 15) is 59.4 Å². The molecule has 0 radical (unpaired) electrons. The molecule has 230 valence electrons. The molecule has 0 aliphatic carbocycles. The van der Waals surface area contributed by atoms with Gasteiger partial charge in [-0.05, 0) is 25.7 Å². The summed E-state index contributed by atoms with van der Waals surface area (Å²) in [5.41, 5.74) is 2.26. The van der Waals surface area contributed by atoms with E-state index in [0.717, 1.165) is 0 Å². The predicted molar refractivity (Wildman–Crippen MR) is 139 cm³/mol. The molecule has 0 rings (SSSR count). The molecule has 16 heteroatoms. The van der Waals surface area contributed by atoms with Gasteiger partial charge in [0.15, 0.2) is 0 Å². The summed E-state index contributed by atoms with van der Waals surface area (Å²) in [6, 6.07) is 0. The number of nitrogens with two attached hydrogens (primary N) is 1. The molecule has 0 fully saturated rings. The van der Waals surface area contributed by atoms with Crippen molar-refractivity contribution in [2.75, 3.05) is 39.3 Å². The zero-order valence-corrected chi connectivity index (χ0v) is 22.5. The van der Waals surface area contributed by atoms with Gasteiger partial charge in [0.2, 0.25) is 0 Å². The minimum absolute atomic E-state index is 0.104. The van der Waals surface area contributed by atoms with Crippen molar-refractivity contribution in [2.24, 2.45) is 5.73 Å². The van der Waals surface area contributed by atoms with Gasteiger partial charge < -0.3 is 47.0 Å². The van der Waals surface area contributed by atoms with E-state index in [4.69, 9.17) is 5.73 Å². The summed E-state index contributed by atoms with van der Waals surface area (Å²) >= 11 is 0. The van der Waals surface area contributed by atoms with E-state index in [1.54, 1.807) is 0 Å². The van der Waals surface area contributed by atoms with Crippen LogP contribution >= 0.6 is 0 Å². The summed E-state index contributed by atoms with van der Waals surface area (Å²) in [6.07, 6.45) is -4.43. The van der Waals surface area contributed by atoms with Crippen LogP contribution < -0.4 is 16.4 Å². The number of carboxylic acid groups (broad SMARTS) is 6. The second-order valence-electron chi connectivity index (χ2n) is 9.43. The van der Waals surface area contributed by atoms with Gasteiger partial charge in [0, 0.05) is 76.0 Å². The van der Waals surface area contributed by atoms with E-state index in [-0.39, 0.29) is 51.9 Å². The Morgan fingerprint density at radius 1 is 0.550 bits per heavy atom. The molecule has 0 amide bonds. The number of nitrogens with zero attached hydrogens (tertiary/aromatic N) is 1. The SMILES string of the molecule is NCCNCCNC(CCC(=O)O)(CCC(=O)O)C(CCC(=O)O)(CCC(=O)O)N(CCC(=O)O)CCC(=O)O. The van der Waals surface area contributed by atoms with Crippen LogP contribution in [0.25, 0.3) is 0 Å². The zero-order chi connectivity index (χ0) is 30.8. The minimum Gasteiger partial charge on any atom is -0.481 e. The summed E-state index contributed by atoms with van der Waals surface area (Å²) in [5, 5.41) is 63.3. The molecule has 0 unspecified atom stereocenters. The normalized spacial score (nSPS) is 11.8. The van der Waals surface area contributed by atoms with Gasteiger partial charge in [-0.2, -0.15) is 0 Å². The Bertz CT molecular complexity index is 813. The summed E-state index contributed by atoms with van der Waals surface area (Å²) in [5.74, 6) is -7.60. The molecular formula is C24H42N4O12. The van der Waals surface area contributed by atoms with Crippen molar-refractivity contribution >= 4 is 35.8 Å². The Balaban J connectivity index is 7.32. The van der Waals surface area contributed by atoms with Crippen molar-refractivity contribution in [3.8, 4) is 0 Å². The van der Waals surface area contributed by atoms with Crippen molar-refractivity contribution in [3.05, 3.63) is 0 Å². The van der Waals surface area contributed by atoms with Gasteiger partial charge in [-0.25, -0.2) is 0 Å². The molecular weight excluding hydrogens is 536 g/mol. The van der Waals surface area contributed by atoms with Crippen LogP contribution in [0.1, 0.15) is 64.2 Å². The van der Waals surface area contributed by atoms with Gasteiger partial charge in [0.1, 0.15) is 0 Å². The maximum absolute atomic E-state index is 11.8. The molecule has 0 aromatic heterocycles. The quantitative estimate of drug-likeness (QED) is 0.0574.